The number of hydrogen-bond acceptors (Lipinski definition) is 4. The van der Waals surface area contributed by atoms with Gasteiger partial charge in [-0.2, -0.15) is 4.31 Å². The van der Waals surface area contributed by atoms with Gasteiger partial charge in [-0.25, -0.2) is 8.42 Å². The lowest BCUT2D eigenvalue weighted by atomic mass is 10.00. The van der Waals surface area contributed by atoms with Crippen molar-refractivity contribution in [2.24, 2.45) is 5.73 Å². The molecule has 1 saturated heterocycles. The first-order valence-corrected chi connectivity index (χ1v) is 6.57. The Labute approximate surface area is 85.3 Å². The minimum atomic E-state index is -3.12. The van der Waals surface area contributed by atoms with Gasteiger partial charge in [-0.05, 0) is 6.42 Å². The maximum atomic E-state index is 11.3. The maximum Gasteiger partial charge on any atom is 0.211 e. The van der Waals surface area contributed by atoms with Crippen LogP contribution in [0, 0.1) is 0 Å². The first kappa shape index (κ1) is 11.9. The van der Waals surface area contributed by atoms with Crippen molar-refractivity contribution >= 4 is 10.0 Å². The number of nitrogens with zero attached hydrogens (tertiary/aromatic N) is 1. The van der Waals surface area contributed by atoms with Gasteiger partial charge in [-0.15, -0.1) is 0 Å². The fourth-order valence-corrected chi connectivity index (χ4v) is 2.45. The maximum absolute atomic E-state index is 11.3. The number of sulfonamides is 1. The molecular weight excluding hydrogens is 204 g/mol. The standard InChI is InChI=1S/C8H18N2O3S/c1-3-8(6-9)7-10(4-5-13-8)14(2,11)12/h3-7,9H2,1-2H3. The van der Waals surface area contributed by atoms with Crippen molar-refractivity contribution in [3.63, 3.8) is 0 Å². The Hall–Kier alpha value is -0.170. The van der Waals surface area contributed by atoms with Crippen molar-refractivity contribution < 1.29 is 13.2 Å². The second kappa shape index (κ2) is 4.14. The minimum Gasteiger partial charge on any atom is -0.371 e. The van der Waals surface area contributed by atoms with Gasteiger partial charge in [0.25, 0.3) is 0 Å². The van der Waals surface area contributed by atoms with Crippen molar-refractivity contribution in [1.29, 1.82) is 0 Å². The van der Waals surface area contributed by atoms with E-state index in [2.05, 4.69) is 0 Å². The van der Waals surface area contributed by atoms with Crippen LogP contribution in [0.3, 0.4) is 0 Å². The van der Waals surface area contributed by atoms with E-state index >= 15 is 0 Å². The summed E-state index contributed by atoms with van der Waals surface area (Å²) in [5, 5.41) is 0. The Balaban J connectivity index is 2.78. The van der Waals surface area contributed by atoms with Crippen molar-refractivity contribution in [3.8, 4) is 0 Å². The highest BCUT2D eigenvalue weighted by Gasteiger charge is 2.36. The van der Waals surface area contributed by atoms with Crippen LogP contribution in [0.4, 0.5) is 0 Å². The Kier molecular flexibility index (Phi) is 3.52. The highest BCUT2D eigenvalue weighted by Crippen LogP contribution is 2.21. The fraction of sp³-hybridized carbons (Fsp3) is 1.00. The summed E-state index contributed by atoms with van der Waals surface area (Å²) in [6, 6.07) is 0. The summed E-state index contributed by atoms with van der Waals surface area (Å²) in [5.74, 6) is 0. The average Bonchev–Trinajstić information content (AvgIpc) is 2.16. The van der Waals surface area contributed by atoms with Crippen molar-refractivity contribution in [2.45, 2.75) is 18.9 Å². The van der Waals surface area contributed by atoms with Gasteiger partial charge in [0.1, 0.15) is 0 Å². The number of nitrogens with two attached hydrogens (primary N) is 1. The molecule has 2 N–H and O–H groups in total. The Morgan fingerprint density at radius 2 is 2.21 bits per heavy atom. The van der Waals surface area contributed by atoms with Gasteiger partial charge in [0.15, 0.2) is 0 Å². The third-order valence-corrected chi connectivity index (χ3v) is 3.95. The van der Waals surface area contributed by atoms with E-state index in [-0.39, 0.29) is 0 Å². The van der Waals surface area contributed by atoms with E-state index in [0.29, 0.717) is 26.2 Å². The molecule has 0 aliphatic carbocycles. The number of hydrogen-bond donors (Lipinski definition) is 1. The zero-order valence-electron chi connectivity index (χ0n) is 8.69. The monoisotopic (exact) mass is 222 g/mol. The lowest BCUT2D eigenvalue weighted by Gasteiger charge is -2.40. The third-order valence-electron chi connectivity index (χ3n) is 2.70. The number of rotatable bonds is 3. The molecule has 1 aliphatic rings. The van der Waals surface area contributed by atoms with E-state index in [9.17, 15) is 8.42 Å². The molecule has 0 radical (unpaired) electrons. The van der Waals surface area contributed by atoms with Crippen LogP contribution >= 0.6 is 0 Å². The molecule has 0 bridgehead atoms. The molecule has 5 nitrogen and oxygen atoms in total. The molecule has 6 heteroatoms. The van der Waals surface area contributed by atoms with E-state index in [1.54, 1.807) is 0 Å². The van der Waals surface area contributed by atoms with Crippen molar-refractivity contribution in [2.75, 3.05) is 32.5 Å². The zero-order valence-corrected chi connectivity index (χ0v) is 9.51. The van der Waals surface area contributed by atoms with Gasteiger partial charge in [-0.1, -0.05) is 6.92 Å². The molecule has 1 aliphatic heterocycles. The van der Waals surface area contributed by atoms with Gasteiger partial charge in [0.2, 0.25) is 10.0 Å². The van der Waals surface area contributed by atoms with E-state index < -0.39 is 15.6 Å². The molecular formula is C8H18N2O3S. The van der Waals surface area contributed by atoms with Gasteiger partial charge in [-0.3, -0.25) is 0 Å². The molecule has 0 spiro atoms. The van der Waals surface area contributed by atoms with Crippen LogP contribution in [0.25, 0.3) is 0 Å². The van der Waals surface area contributed by atoms with Crippen LogP contribution in [-0.4, -0.2) is 50.8 Å². The SMILES string of the molecule is CCC1(CN)CN(S(C)(=O)=O)CCO1. The van der Waals surface area contributed by atoms with E-state index in [0.717, 1.165) is 6.42 Å². The van der Waals surface area contributed by atoms with Crippen LogP contribution in [0.5, 0.6) is 0 Å². The molecule has 0 aromatic rings. The summed E-state index contributed by atoms with van der Waals surface area (Å²) < 4.78 is 29.7. The van der Waals surface area contributed by atoms with Gasteiger partial charge in [0.05, 0.1) is 18.5 Å². The molecule has 0 saturated carbocycles. The molecule has 1 heterocycles. The van der Waals surface area contributed by atoms with Gasteiger partial charge in [0, 0.05) is 19.6 Å². The summed E-state index contributed by atoms with van der Waals surface area (Å²) in [6.07, 6.45) is 1.95. The summed E-state index contributed by atoms with van der Waals surface area (Å²) >= 11 is 0. The quantitative estimate of drug-likeness (QED) is 0.691. The lowest BCUT2D eigenvalue weighted by molar-refractivity contribution is -0.0847. The Morgan fingerprint density at radius 1 is 1.57 bits per heavy atom. The van der Waals surface area contributed by atoms with Gasteiger partial charge < -0.3 is 10.5 Å². The first-order chi connectivity index (χ1) is 6.43. The van der Waals surface area contributed by atoms with E-state index in [4.69, 9.17) is 10.5 Å². The minimum absolute atomic E-state index is 0.357. The summed E-state index contributed by atoms with van der Waals surface area (Å²) in [6.45, 7) is 3.55. The number of morpholine rings is 1. The average molecular weight is 222 g/mol. The molecule has 1 unspecified atom stereocenters. The molecule has 1 atom stereocenters. The van der Waals surface area contributed by atoms with Gasteiger partial charge >= 0.3 is 0 Å². The Bertz CT molecular complexity index is 285. The summed E-state index contributed by atoms with van der Waals surface area (Å²) in [5.41, 5.74) is 5.12. The number of ether oxygens (including phenoxy) is 1. The van der Waals surface area contributed by atoms with E-state index in [1.807, 2.05) is 6.92 Å². The molecule has 0 aromatic heterocycles. The third kappa shape index (κ3) is 2.44. The largest absolute Gasteiger partial charge is 0.371 e. The lowest BCUT2D eigenvalue weighted by Crippen LogP contribution is -2.56. The second-order valence-corrected chi connectivity index (χ2v) is 5.67. The molecule has 0 amide bonds. The van der Waals surface area contributed by atoms with Crippen LogP contribution in [0.15, 0.2) is 0 Å². The molecule has 1 fully saturated rings. The molecule has 84 valence electrons. The molecule has 1 rings (SSSR count). The predicted octanol–water partition coefficient (Wildman–Crippen LogP) is -0.614. The Morgan fingerprint density at radius 3 is 2.64 bits per heavy atom. The van der Waals surface area contributed by atoms with Crippen molar-refractivity contribution in [3.05, 3.63) is 0 Å². The summed E-state index contributed by atoms with van der Waals surface area (Å²) in [4.78, 5) is 0. The van der Waals surface area contributed by atoms with E-state index in [1.165, 1.54) is 10.6 Å². The van der Waals surface area contributed by atoms with Crippen LogP contribution in [-0.2, 0) is 14.8 Å². The second-order valence-electron chi connectivity index (χ2n) is 3.69. The zero-order chi connectivity index (χ0) is 10.8. The molecule has 14 heavy (non-hydrogen) atoms. The molecule has 0 aromatic carbocycles. The van der Waals surface area contributed by atoms with Crippen LogP contribution in [0.2, 0.25) is 0 Å². The fourth-order valence-electron chi connectivity index (χ4n) is 1.57. The topological polar surface area (TPSA) is 72.6 Å². The predicted molar refractivity (Wildman–Crippen MR) is 54.4 cm³/mol. The normalized spacial score (nSPS) is 30.5. The smallest absolute Gasteiger partial charge is 0.211 e. The highest BCUT2D eigenvalue weighted by molar-refractivity contribution is 7.88. The highest BCUT2D eigenvalue weighted by atomic mass is 32.2. The van der Waals surface area contributed by atoms with Crippen LogP contribution in [0.1, 0.15) is 13.3 Å². The van der Waals surface area contributed by atoms with Crippen LogP contribution < -0.4 is 5.73 Å². The summed E-state index contributed by atoms with van der Waals surface area (Å²) in [7, 11) is -3.12. The first-order valence-electron chi connectivity index (χ1n) is 4.73. The van der Waals surface area contributed by atoms with Crippen molar-refractivity contribution in [1.82, 2.24) is 4.31 Å².